The van der Waals surface area contributed by atoms with Crippen LogP contribution < -0.4 is 64.5 Å². The molecule has 7 aliphatic rings. The molecule has 5 amide bonds. The van der Waals surface area contributed by atoms with Gasteiger partial charge in [-0.05, 0) is 223 Å². The Hall–Kier alpha value is -12.7. The Balaban J connectivity index is 0.000000169. The summed E-state index contributed by atoms with van der Waals surface area (Å²) in [5, 5.41) is 71.0. The lowest BCUT2D eigenvalue weighted by molar-refractivity contribution is -0.142. The molecule has 142 heavy (non-hydrogen) atoms. The Kier molecular flexibility index (Phi) is 40.3. The second-order valence-electron chi connectivity index (χ2n) is 39.7. The van der Waals surface area contributed by atoms with Gasteiger partial charge in [-0.2, -0.15) is 20.4 Å². The smallest absolute Gasteiger partial charge is 0.326 e. The van der Waals surface area contributed by atoms with E-state index < -0.39 is 78.2 Å². The normalized spacial score (nSPS) is 19.0. The van der Waals surface area contributed by atoms with Crippen LogP contribution in [0, 0.1) is 41.4 Å². The van der Waals surface area contributed by atoms with Crippen LogP contribution in [-0.4, -0.2) is 201 Å². The maximum Gasteiger partial charge on any atom is 0.326 e. The first kappa shape index (κ1) is 108. The number of hydrogen-bond acceptors (Lipinski definition) is 21. The Morgan fingerprint density at radius 2 is 0.655 bits per heavy atom. The predicted molar refractivity (Wildman–Crippen MR) is 537 cm³/mol. The number of carbonyl (C=O) groups excluding carboxylic acids is 5. The minimum atomic E-state index is -1.12. The minimum Gasteiger partial charge on any atom is -0.496 e. The van der Waals surface area contributed by atoms with Gasteiger partial charge in [0.05, 0.1) is 120 Å². The average Bonchev–Trinajstić information content (AvgIpc) is 1.39. The third-order valence-electron chi connectivity index (χ3n) is 29.3. The Morgan fingerprint density at radius 3 is 0.986 bits per heavy atom. The summed E-state index contributed by atoms with van der Waals surface area (Å²) >= 11 is 0. The summed E-state index contributed by atoms with van der Waals surface area (Å²) in [6, 6.07) is 26.5. The van der Waals surface area contributed by atoms with E-state index in [-0.39, 0.29) is 76.9 Å². The standard InChI is InChI=1S/C28H40N4O6.2C27H37N3O5.C26H35N3O5/c1-18(2)13-20(14-25(33)29-16-26(34)35)30-28(36)21-15-22(27-23(37-3)11-8-12-24(27)38-4)32(31-21)17-19-9-6-5-7-10-19;1-17-9-7-12-19(15-17)30-21(24-22(34-2)13-8-14-23(24)35-3)16-20(29-30)26(31)28-25(27(32)33)18-10-5-4-6-11-18;1-17-12-14-19(15-13-17)30-21(24-22(34-2)10-7-11-23(24)35-3)16-20(29-30)26(31)28-25(27(32)33)18-8-5-4-6-9-18;1-33-21-14-9-15-22(34-2)23(21)20-16-19(28-29(20)18-12-7-4-8-13-18)25(30)27-24(26(31)32)17-10-5-3-6-11-17/h8,11-12,15,18-20H,5-7,9-10,13-14,16-17H2,1-4H3,(H,29,33)(H,30,36)(H,34,35);8,13-14,16-19,25H,4-7,9-12,15H2,1-3H3,(H,28,31)(H,32,33);7,10-11,16-19,25H,4-6,8-9,12-15H2,1-3H3,(H,28,31)(H,32,33);9,14-18,24H,3-8,10-13H2,1-2H3,(H,27,30)(H,31,32)/t20-;2*17?,19?,25-;24-/m0000/s1. The number of aliphatic carboxylic acids is 4. The first-order valence-corrected chi connectivity index (χ1v) is 51.2. The second kappa shape index (κ2) is 52.9. The molecule has 0 bridgehead atoms. The monoisotopic (exact) mass is 1960 g/mol. The van der Waals surface area contributed by atoms with Gasteiger partial charge in [0.2, 0.25) is 5.91 Å². The van der Waals surface area contributed by atoms with E-state index >= 15 is 0 Å². The number of amides is 5. The number of aromatic nitrogens is 8. The molecule has 0 saturated heterocycles. The molecule has 34 heteroatoms. The van der Waals surface area contributed by atoms with Gasteiger partial charge in [-0.3, -0.25) is 47.5 Å². The first-order valence-electron chi connectivity index (χ1n) is 51.2. The fraction of sp³-hybridized carbons (Fsp3) is 0.583. The molecule has 0 aliphatic heterocycles. The minimum absolute atomic E-state index is 0.0207. The summed E-state index contributed by atoms with van der Waals surface area (Å²) in [4.78, 5) is 113. The molecule has 0 spiro atoms. The van der Waals surface area contributed by atoms with Crippen molar-refractivity contribution in [3.8, 4) is 91.0 Å². The molecule has 4 aromatic heterocycles. The van der Waals surface area contributed by atoms with Crippen LogP contribution in [0.15, 0.2) is 97.1 Å². The van der Waals surface area contributed by atoms with Crippen LogP contribution in [0.25, 0.3) is 45.0 Å². The average molecular weight is 1970 g/mol. The molecular weight excluding hydrogens is 1820 g/mol. The highest BCUT2D eigenvalue weighted by atomic mass is 16.5. The number of carboxylic acids is 4. The van der Waals surface area contributed by atoms with E-state index in [4.69, 9.17) is 63.4 Å². The number of carboxylic acid groups (broad SMARTS) is 4. The highest BCUT2D eigenvalue weighted by Gasteiger charge is 2.40. The number of carbonyl (C=O) groups is 9. The van der Waals surface area contributed by atoms with Crippen molar-refractivity contribution in [2.75, 3.05) is 63.4 Å². The third kappa shape index (κ3) is 28.2. The molecular formula is C108H149N13O21. The summed E-state index contributed by atoms with van der Waals surface area (Å²) in [7, 11) is 12.8. The van der Waals surface area contributed by atoms with Crippen molar-refractivity contribution in [1.82, 2.24) is 65.7 Å². The van der Waals surface area contributed by atoms with Crippen molar-refractivity contribution in [1.29, 1.82) is 0 Å². The van der Waals surface area contributed by atoms with E-state index in [0.29, 0.717) is 76.7 Å². The molecule has 0 radical (unpaired) electrons. The van der Waals surface area contributed by atoms with Crippen molar-refractivity contribution >= 4 is 53.4 Å². The molecule has 7 fully saturated rings. The van der Waals surface area contributed by atoms with Crippen LogP contribution >= 0.6 is 0 Å². The number of benzene rings is 4. The maximum atomic E-state index is 13.4. The van der Waals surface area contributed by atoms with Crippen molar-refractivity contribution in [2.24, 2.45) is 41.4 Å². The Labute approximate surface area is 833 Å². The van der Waals surface area contributed by atoms with Crippen LogP contribution in [0.2, 0.25) is 0 Å². The largest absolute Gasteiger partial charge is 0.496 e. The zero-order valence-electron chi connectivity index (χ0n) is 84.8. The van der Waals surface area contributed by atoms with Gasteiger partial charge >= 0.3 is 23.9 Å². The molecule has 4 heterocycles. The lowest BCUT2D eigenvalue weighted by Crippen LogP contribution is -2.46. The van der Waals surface area contributed by atoms with Crippen LogP contribution in [0.1, 0.15) is 313 Å². The van der Waals surface area contributed by atoms with Crippen LogP contribution in [-0.2, 0) is 30.5 Å². The zero-order chi connectivity index (χ0) is 102. The van der Waals surface area contributed by atoms with E-state index in [9.17, 15) is 58.5 Å². The molecule has 9 N–H and O–H groups in total. The van der Waals surface area contributed by atoms with Crippen molar-refractivity contribution in [2.45, 2.75) is 301 Å². The second-order valence-corrected chi connectivity index (χ2v) is 39.7. The van der Waals surface area contributed by atoms with Gasteiger partial charge in [-0.25, -0.2) is 14.4 Å². The van der Waals surface area contributed by atoms with Gasteiger partial charge < -0.3 is 84.9 Å². The molecule has 6 atom stereocenters. The molecule has 34 nitrogen and oxygen atoms in total. The SMILES string of the molecule is COc1cccc(OC)c1-c1cc(C(=O)N[C@H](C(=O)O)C2CCCCC2)nn1C1CCC(C)CC1.COc1cccc(OC)c1-c1cc(C(=O)N[C@H](C(=O)O)C2CCCCC2)nn1C1CCCC(C)C1.COc1cccc(OC)c1-c1cc(C(=O)N[C@H](C(=O)O)C2CCCCC2)nn1C1CCCCC1.COc1cccc(OC)c1-c1cc(C(=O)N[C@H](CC(=O)NCC(=O)O)CC(C)C)nn1CC1CCCCC1. The predicted octanol–water partition coefficient (Wildman–Crippen LogP) is 18.9. The number of hydrogen-bond donors (Lipinski definition) is 9. The number of nitrogens with one attached hydrogen (secondary N) is 5. The molecule has 15 rings (SSSR count). The number of nitrogens with zero attached hydrogens (tertiary/aromatic N) is 8. The molecule has 8 aromatic rings. The molecule has 772 valence electrons. The summed E-state index contributed by atoms with van der Waals surface area (Å²) in [6.07, 6.45) is 34.3. The summed E-state index contributed by atoms with van der Waals surface area (Å²) in [6.45, 7) is 8.72. The zero-order valence-corrected chi connectivity index (χ0v) is 84.8. The summed E-state index contributed by atoms with van der Waals surface area (Å²) in [5.74, 6) is 0.499. The van der Waals surface area contributed by atoms with Gasteiger partial charge in [-0.1, -0.05) is 161 Å². The van der Waals surface area contributed by atoms with Crippen molar-refractivity contribution < 1.29 is 101 Å². The van der Waals surface area contributed by atoms with Gasteiger partial charge in [0.1, 0.15) is 70.7 Å². The number of ether oxygens (including phenoxy) is 8. The van der Waals surface area contributed by atoms with Gasteiger partial charge in [0.15, 0.2) is 22.8 Å². The highest BCUT2D eigenvalue weighted by molar-refractivity contribution is 5.99. The third-order valence-corrected chi connectivity index (χ3v) is 29.3. The Bertz CT molecular complexity index is 5440. The fourth-order valence-corrected chi connectivity index (χ4v) is 21.9. The topological polar surface area (TPSA) is 440 Å². The quantitative estimate of drug-likeness (QED) is 0.0175. The van der Waals surface area contributed by atoms with Crippen LogP contribution in [0.3, 0.4) is 0 Å². The molecule has 2 unspecified atom stereocenters. The molecule has 4 aromatic carbocycles. The van der Waals surface area contributed by atoms with Gasteiger partial charge in [0, 0.05) is 19.0 Å². The van der Waals surface area contributed by atoms with E-state index in [0.717, 1.165) is 225 Å². The Morgan fingerprint density at radius 1 is 0.352 bits per heavy atom. The van der Waals surface area contributed by atoms with E-state index in [1.807, 2.05) is 105 Å². The van der Waals surface area contributed by atoms with E-state index in [1.165, 1.54) is 32.1 Å². The fourth-order valence-electron chi connectivity index (χ4n) is 21.9. The van der Waals surface area contributed by atoms with Crippen LogP contribution in [0.4, 0.5) is 0 Å². The van der Waals surface area contributed by atoms with Gasteiger partial charge in [0.25, 0.3) is 23.6 Å². The van der Waals surface area contributed by atoms with E-state index in [1.54, 1.807) is 81.1 Å². The van der Waals surface area contributed by atoms with Crippen molar-refractivity contribution in [3.05, 3.63) is 120 Å². The lowest BCUT2D eigenvalue weighted by atomic mass is 9.84. The molecule has 7 saturated carbocycles. The lowest BCUT2D eigenvalue weighted by Gasteiger charge is -2.29. The summed E-state index contributed by atoms with van der Waals surface area (Å²) < 4.78 is 52.8. The van der Waals surface area contributed by atoms with E-state index in [2.05, 4.69) is 40.4 Å². The number of methoxy groups -OCH3 is 8. The molecule has 7 aliphatic carbocycles. The first-order chi connectivity index (χ1) is 68.6. The highest BCUT2D eigenvalue weighted by Crippen LogP contribution is 2.48. The maximum absolute atomic E-state index is 13.4. The van der Waals surface area contributed by atoms with Crippen molar-refractivity contribution in [3.63, 3.8) is 0 Å². The summed E-state index contributed by atoms with van der Waals surface area (Å²) in [5.41, 5.74) is 6.81. The van der Waals surface area contributed by atoms with Gasteiger partial charge in [-0.15, -0.1) is 0 Å². The van der Waals surface area contributed by atoms with Crippen LogP contribution in [0.5, 0.6) is 46.0 Å². The number of rotatable bonds is 37.